The molecule has 11 heteroatoms. The van der Waals surface area contributed by atoms with Gasteiger partial charge in [-0.3, -0.25) is 4.57 Å². The second-order valence-corrected chi connectivity index (χ2v) is 9.05. The number of aliphatic imine (C=N–C) groups is 1. The van der Waals surface area contributed by atoms with E-state index in [9.17, 15) is 5.11 Å². The van der Waals surface area contributed by atoms with Gasteiger partial charge in [-0.05, 0) is 13.2 Å². The first kappa shape index (κ1) is 20.3. The van der Waals surface area contributed by atoms with Crippen LogP contribution in [-0.2, 0) is 9.47 Å². The summed E-state index contributed by atoms with van der Waals surface area (Å²) in [5, 5.41) is 9.68. The fourth-order valence-electron chi connectivity index (χ4n) is 2.90. The number of hydrogen-bond acceptors (Lipinski definition) is 9. The Morgan fingerprint density at radius 1 is 1.48 bits per heavy atom. The maximum Gasteiger partial charge on any atom is 0.184 e. The second kappa shape index (κ2) is 9.20. The van der Waals surface area contributed by atoms with E-state index in [1.54, 1.807) is 34.3 Å². The van der Waals surface area contributed by atoms with Gasteiger partial charge in [-0.2, -0.15) is 0 Å². The van der Waals surface area contributed by atoms with Gasteiger partial charge >= 0.3 is 0 Å². The zero-order chi connectivity index (χ0) is 19.4. The van der Waals surface area contributed by atoms with Crippen LogP contribution >= 0.6 is 21.6 Å². The van der Waals surface area contributed by atoms with Crippen molar-refractivity contribution in [2.24, 2.45) is 4.99 Å². The third-order valence-corrected chi connectivity index (χ3v) is 5.98. The molecule has 1 N–H and O–H groups in total. The highest BCUT2D eigenvalue weighted by molar-refractivity contribution is 8.76. The van der Waals surface area contributed by atoms with Gasteiger partial charge in [-0.1, -0.05) is 21.6 Å². The van der Waals surface area contributed by atoms with E-state index in [1.165, 1.54) is 6.33 Å². The molecule has 0 aliphatic carbocycles. The summed E-state index contributed by atoms with van der Waals surface area (Å²) in [6.45, 7) is 1.90. The third-order valence-electron chi connectivity index (χ3n) is 4.02. The molecular weight excluding hydrogens is 388 g/mol. The van der Waals surface area contributed by atoms with Gasteiger partial charge in [0.15, 0.2) is 17.0 Å². The molecule has 1 aliphatic heterocycles. The second-order valence-electron chi connectivity index (χ2n) is 6.28. The van der Waals surface area contributed by atoms with Crippen LogP contribution in [0.15, 0.2) is 17.6 Å². The van der Waals surface area contributed by atoms with Crippen molar-refractivity contribution in [2.45, 2.75) is 37.2 Å². The highest BCUT2D eigenvalue weighted by atomic mass is 33.1. The predicted molar refractivity (Wildman–Crippen MR) is 108 cm³/mol. The van der Waals surface area contributed by atoms with Gasteiger partial charge in [-0.25, -0.2) is 19.9 Å². The fourth-order valence-corrected chi connectivity index (χ4v) is 4.31. The quantitative estimate of drug-likeness (QED) is 0.302. The lowest BCUT2D eigenvalue weighted by Gasteiger charge is -2.20. The highest BCUT2D eigenvalue weighted by Crippen LogP contribution is 2.36. The first-order chi connectivity index (χ1) is 13.0. The fraction of sp³-hybridized carbons (Fsp3) is 0.625. The highest BCUT2D eigenvalue weighted by Gasteiger charge is 2.38. The van der Waals surface area contributed by atoms with Crippen LogP contribution < -0.4 is 0 Å². The zero-order valence-electron chi connectivity index (χ0n) is 15.7. The van der Waals surface area contributed by atoms with Crippen molar-refractivity contribution in [1.82, 2.24) is 24.4 Å². The van der Waals surface area contributed by atoms with E-state index in [1.807, 2.05) is 36.7 Å². The summed E-state index contributed by atoms with van der Waals surface area (Å²) in [4.78, 5) is 19.1. The Morgan fingerprint density at radius 2 is 2.30 bits per heavy atom. The smallest absolute Gasteiger partial charge is 0.184 e. The molecule has 1 fully saturated rings. The maximum atomic E-state index is 9.68. The summed E-state index contributed by atoms with van der Waals surface area (Å²) >= 11 is 0. The molecule has 27 heavy (non-hydrogen) atoms. The van der Waals surface area contributed by atoms with Gasteiger partial charge < -0.3 is 19.5 Å². The van der Waals surface area contributed by atoms with Gasteiger partial charge in [0, 0.05) is 20.5 Å². The van der Waals surface area contributed by atoms with Crippen LogP contribution in [0.2, 0.25) is 0 Å². The molecule has 0 saturated carbocycles. The van der Waals surface area contributed by atoms with Crippen LogP contribution in [0.25, 0.3) is 11.2 Å². The number of hydrogen-bond donors (Lipinski definition) is 1. The van der Waals surface area contributed by atoms with Gasteiger partial charge in [0.1, 0.15) is 24.1 Å². The molecule has 0 bridgehead atoms. The molecule has 0 aromatic carbocycles. The molecular formula is C16H24N6O3S2. The van der Waals surface area contributed by atoms with Crippen molar-refractivity contribution in [3.05, 3.63) is 12.7 Å². The maximum absolute atomic E-state index is 9.68. The lowest BCUT2D eigenvalue weighted by atomic mass is 10.2. The molecule has 2 aromatic heterocycles. The van der Waals surface area contributed by atoms with Gasteiger partial charge in [0.05, 0.1) is 25.4 Å². The predicted octanol–water partition coefficient (Wildman–Crippen LogP) is 2.07. The van der Waals surface area contributed by atoms with Crippen LogP contribution in [0.1, 0.15) is 19.6 Å². The Balaban J connectivity index is 1.82. The molecule has 1 aliphatic rings. The number of aromatic nitrogens is 4. The van der Waals surface area contributed by atoms with Crippen LogP contribution in [0.5, 0.6) is 0 Å². The molecule has 0 spiro atoms. The van der Waals surface area contributed by atoms with E-state index in [0.29, 0.717) is 23.4 Å². The summed E-state index contributed by atoms with van der Waals surface area (Å²) in [6.07, 6.45) is 6.53. The SMILES string of the molecule is CSS[C@H](C)O[C@@H]1C[C@H](n2cnc3c(/N=C/N(C)C)ncnc32)O[C@@H]1CO. The number of nitrogens with zero attached hydrogens (tertiary/aromatic N) is 6. The lowest BCUT2D eigenvalue weighted by molar-refractivity contribution is -0.0628. The largest absolute Gasteiger partial charge is 0.394 e. The van der Waals surface area contributed by atoms with E-state index in [2.05, 4.69) is 19.9 Å². The number of rotatable bonds is 8. The van der Waals surface area contributed by atoms with E-state index < -0.39 is 0 Å². The standard InChI is InChI=1S/C16H24N6O3S2/c1-10(27-26-4)24-11-5-13(25-12(11)6-23)22-9-19-14-15(20-8-21(2)3)17-7-18-16(14)22/h7-13,23H,5-6H2,1-4H3/b20-8+/t10-,11-,12-,13-/m1/s1. The normalized spacial score (nSPS) is 24.1. The van der Waals surface area contributed by atoms with Gasteiger partial charge in [-0.15, -0.1) is 0 Å². The van der Waals surface area contributed by atoms with Crippen molar-refractivity contribution < 1.29 is 14.6 Å². The van der Waals surface area contributed by atoms with Crippen LogP contribution in [0.3, 0.4) is 0 Å². The van der Waals surface area contributed by atoms with Crippen molar-refractivity contribution in [2.75, 3.05) is 27.0 Å². The number of imidazole rings is 1. The monoisotopic (exact) mass is 412 g/mol. The zero-order valence-corrected chi connectivity index (χ0v) is 17.4. The number of fused-ring (bicyclic) bond motifs is 1. The molecule has 148 valence electrons. The summed E-state index contributed by atoms with van der Waals surface area (Å²) in [5.41, 5.74) is 1.26. The molecule has 1 saturated heterocycles. The molecule has 0 amide bonds. The van der Waals surface area contributed by atoms with Crippen LogP contribution in [-0.4, -0.2) is 80.5 Å². The van der Waals surface area contributed by atoms with E-state index in [-0.39, 0.29) is 30.5 Å². The summed E-state index contributed by atoms with van der Waals surface area (Å²) in [6, 6.07) is 0. The molecule has 9 nitrogen and oxygen atoms in total. The van der Waals surface area contributed by atoms with Crippen LogP contribution in [0.4, 0.5) is 5.82 Å². The Kier molecular flexibility index (Phi) is 6.93. The Morgan fingerprint density at radius 3 is 3.00 bits per heavy atom. The number of aliphatic hydroxyl groups is 1. The average Bonchev–Trinajstić information content (AvgIpc) is 3.23. The minimum atomic E-state index is -0.384. The summed E-state index contributed by atoms with van der Waals surface area (Å²) < 4.78 is 13.9. The Bertz CT molecular complexity index is 787. The number of aliphatic hydroxyl groups excluding tert-OH is 1. The minimum Gasteiger partial charge on any atom is -0.394 e. The molecule has 3 rings (SSSR count). The van der Waals surface area contributed by atoms with Crippen molar-refractivity contribution in [1.29, 1.82) is 0 Å². The molecule has 0 radical (unpaired) electrons. The lowest BCUT2D eigenvalue weighted by Crippen LogP contribution is -2.29. The van der Waals surface area contributed by atoms with Crippen molar-refractivity contribution in [3.63, 3.8) is 0 Å². The third kappa shape index (κ3) is 4.72. The first-order valence-electron chi connectivity index (χ1n) is 8.52. The minimum absolute atomic E-state index is 0.00947. The first-order valence-corrected chi connectivity index (χ1v) is 11.1. The van der Waals surface area contributed by atoms with Crippen molar-refractivity contribution in [3.8, 4) is 0 Å². The Labute approximate surface area is 166 Å². The topological polar surface area (TPSA) is 97.9 Å². The Hall–Kier alpha value is -1.40. The van der Waals surface area contributed by atoms with Gasteiger partial charge in [0.25, 0.3) is 0 Å². The molecule has 3 heterocycles. The summed E-state index contributed by atoms with van der Waals surface area (Å²) in [7, 11) is 7.06. The average molecular weight is 413 g/mol. The van der Waals surface area contributed by atoms with E-state index in [4.69, 9.17) is 9.47 Å². The molecule has 2 aromatic rings. The van der Waals surface area contributed by atoms with E-state index >= 15 is 0 Å². The van der Waals surface area contributed by atoms with Gasteiger partial charge in [0.2, 0.25) is 0 Å². The molecule has 0 unspecified atom stereocenters. The summed E-state index contributed by atoms with van der Waals surface area (Å²) in [5.74, 6) is 0.502. The van der Waals surface area contributed by atoms with E-state index in [0.717, 1.165) is 0 Å². The number of ether oxygens (including phenoxy) is 2. The van der Waals surface area contributed by atoms with Crippen LogP contribution in [0, 0.1) is 0 Å². The molecule has 4 atom stereocenters. The van der Waals surface area contributed by atoms with Crippen molar-refractivity contribution >= 4 is 44.9 Å².